The summed E-state index contributed by atoms with van der Waals surface area (Å²) in [6, 6.07) is 6.35. The van der Waals surface area contributed by atoms with E-state index in [-0.39, 0.29) is 0 Å². The summed E-state index contributed by atoms with van der Waals surface area (Å²) in [5.74, 6) is 0.472. The highest BCUT2D eigenvalue weighted by Crippen LogP contribution is 2.21. The van der Waals surface area contributed by atoms with Crippen molar-refractivity contribution in [3.63, 3.8) is 0 Å². The van der Waals surface area contributed by atoms with Gasteiger partial charge in [0.15, 0.2) is 0 Å². The molecule has 0 aliphatic heterocycles. The molecule has 0 atom stereocenters. The molecule has 0 bridgehead atoms. The summed E-state index contributed by atoms with van der Waals surface area (Å²) in [5.41, 5.74) is 2.33. The lowest BCUT2D eigenvalue weighted by atomic mass is 10.0. The number of unbranched alkanes of at least 4 members (excludes halogenated alkanes) is 23. The van der Waals surface area contributed by atoms with Gasteiger partial charge in [-0.1, -0.05) is 174 Å². The zero-order valence-corrected chi connectivity index (χ0v) is 26.0. The zero-order valence-electron chi connectivity index (χ0n) is 26.0. The van der Waals surface area contributed by atoms with Crippen LogP contribution in [0.15, 0.2) is 18.2 Å². The minimum Gasteiger partial charge on any atom is -0.508 e. The fraction of sp³-hybridized carbons (Fsp3) is 0.833. The standard InChI is InChI=1S/C36H67NO/c1-3-5-7-9-11-13-15-17-18-20-22-24-26-28-34-29-30-35(36(38)32-34)33-37-31-27-25-23-21-19-16-14-12-10-8-6-4-2/h29-30,32,37-38H,3-28,31,33H2,1-2H3. The van der Waals surface area contributed by atoms with Crippen molar-refractivity contribution >= 4 is 0 Å². The second-order valence-corrected chi connectivity index (χ2v) is 12.0. The molecule has 0 heterocycles. The summed E-state index contributed by atoms with van der Waals surface area (Å²) in [6.07, 6.45) is 35.9. The highest BCUT2D eigenvalue weighted by Gasteiger charge is 2.03. The predicted molar refractivity (Wildman–Crippen MR) is 170 cm³/mol. The molecule has 0 saturated heterocycles. The predicted octanol–water partition coefficient (Wildman–Crippen LogP) is 11.8. The Hall–Kier alpha value is -1.02. The highest BCUT2D eigenvalue weighted by atomic mass is 16.3. The molecule has 1 aromatic rings. The molecular formula is C36H67NO. The number of aromatic hydroxyl groups is 1. The van der Waals surface area contributed by atoms with Gasteiger partial charge < -0.3 is 10.4 Å². The van der Waals surface area contributed by atoms with Gasteiger partial charge in [0.05, 0.1) is 0 Å². The molecule has 0 aliphatic rings. The van der Waals surface area contributed by atoms with Crippen LogP contribution in [0, 0.1) is 0 Å². The van der Waals surface area contributed by atoms with Crippen molar-refractivity contribution in [1.82, 2.24) is 5.32 Å². The fourth-order valence-electron chi connectivity index (χ4n) is 5.58. The maximum Gasteiger partial charge on any atom is 0.120 e. The van der Waals surface area contributed by atoms with Crippen LogP contribution >= 0.6 is 0 Å². The van der Waals surface area contributed by atoms with Crippen molar-refractivity contribution in [2.45, 2.75) is 187 Å². The van der Waals surface area contributed by atoms with Gasteiger partial charge in [-0.25, -0.2) is 0 Å². The fourth-order valence-corrected chi connectivity index (χ4v) is 5.58. The Morgan fingerprint density at radius 2 is 0.895 bits per heavy atom. The molecule has 0 aliphatic carbocycles. The van der Waals surface area contributed by atoms with Gasteiger partial charge in [0.2, 0.25) is 0 Å². The van der Waals surface area contributed by atoms with E-state index in [1.807, 2.05) is 6.07 Å². The first-order valence-corrected chi connectivity index (χ1v) is 17.3. The molecule has 1 rings (SSSR count). The van der Waals surface area contributed by atoms with E-state index in [9.17, 15) is 5.11 Å². The maximum atomic E-state index is 10.5. The number of phenols is 1. The Labute approximate surface area is 239 Å². The monoisotopic (exact) mass is 530 g/mol. The minimum atomic E-state index is 0.472. The smallest absolute Gasteiger partial charge is 0.120 e. The third-order valence-corrected chi connectivity index (χ3v) is 8.24. The number of phenolic OH excluding ortho intramolecular Hbond substituents is 1. The van der Waals surface area contributed by atoms with Gasteiger partial charge in [0.25, 0.3) is 0 Å². The average molecular weight is 530 g/mol. The van der Waals surface area contributed by atoms with Crippen LogP contribution < -0.4 is 5.32 Å². The van der Waals surface area contributed by atoms with Crippen molar-refractivity contribution in [2.75, 3.05) is 6.54 Å². The summed E-state index contributed by atoms with van der Waals surface area (Å²) in [4.78, 5) is 0. The Morgan fingerprint density at radius 3 is 1.32 bits per heavy atom. The van der Waals surface area contributed by atoms with Gasteiger partial charge >= 0.3 is 0 Å². The molecule has 2 heteroatoms. The van der Waals surface area contributed by atoms with E-state index in [0.717, 1.165) is 25.1 Å². The largest absolute Gasteiger partial charge is 0.508 e. The number of aryl methyl sites for hydroxylation is 1. The topological polar surface area (TPSA) is 32.3 Å². The summed E-state index contributed by atoms with van der Waals surface area (Å²) in [5, 5.41) is 14.0. The molecule has 0 saturated carbocycles. The van der Waals surface area contributed by atoms with Gasteiger partial charge in [-0.3, -0.25) is 0 Å². The second kappa shape index (κ2) is 27.5. The second-order valence-electron chi connectivity index (χ2n) is 12.0. The van der Waals surface area contributed by atoms with Crippen molar-refractivity contribution in [2.24, 2.45) is 0 Å². The first-order chi connectivity index (χ1) is 18.8. The Kier molecular flexibility index (Phi) is 25.4. The zero-order chi connectivity index (χ0) is 27.4. The Bertz CT molecular complexity index is 613. The van der Waals surface area contributed by atoms with E-state index >= 15 is 0 Å². The molecule has 222 valence electrons. The summed E-state index contributed by atoms with van der Waals surface area (Å²) in [6.45, 7) is 6.41. The SMILES string of the molecule is CCCCCCCCCCCCCCCc1ccc(CNCCCCCCCCCCCCCC)c(O)c1. The minimum absolute atomic E-state index is 0.472. The molecule has 0 fully saturated rings. The first kappa shape index (κ1) is 35.0. The molecule has 2 nitrogen and oxygen atoms in total. The van der Waals surface area contributed by atoms with Crippen LogP contribution in [0.1, 0.15) is 185 Å². The van der Waals surface area contributed by atoms with Crippen LogP contribution in [0.5, 0.6) is 5.75 Å². The average Bonchev–Trinajstić information content (AvgIpc) is 2.92. The van der Waals surface area contributed by atoms with Crippen LogP contribution in [0.25, 0.3) is 0 Å². The molecule has 38 heavy (non-hydrogen) atoms. The number of nitrogens with one attached hydrogen (secondary N) is 1. The molecule has 0 aromatic heterocycles. The van der Waals surface area contributed by atoms with Crippen LogP contribution in [0.4, 0.5) is 0 Å². The van der Waals surface area contributed by atoms with Crippen molar-refractivity contribution in [3.8, 4) is 5.75 Å². The van der Waals surface area contributed by atoms with Crippen LogP contribution in [-0.2, 0) is 13.0 Å². The van der Waals surface area contributed by atoms with Crippen LogP contribution in [-0.4, -0.2) is 11.7 Å². The third kappa shape index (κ3) is 21.9. The number of benzene rings is 1. The summed E-state index contributed by atoms with van der Waals surface area (Å²) in [7, 11) is 0. The first-order valence-electron chi connectivity index (χ1n) is 17.3. The number of hydrogen-bond donors (Lipinski definition) is 2. The van der Waals surface area contributed by atoms with E-state index in [2.05, 4.69) is 31.3 Å². The van der Waals surface area contributed by atoms with E-state index in [1.54, 1.807) is 0 Å². The molecule has 0 unspecified atom stereocenters. The van der Waals surface area contributed by atoms with Gasteiger partial charge in [0.1, 0.15) is 5.75 Å². The Morgan fingerprint density at radius 1 is 0.500 bits per heavy atom. The van der Waals surface area contributed by atoms with Gasteiger partial charge in [-0.2, -0.15) is 0 Å². The van der Waals surface area contributed by atoms with Gasteiger partial charge in [0, 0.05) is 12.1 Å². The normalized spacial score (nSPS) is 11.4. The van der Waals surface area contributed by atoms with E-state index < -0.39 is 0 Å². The van der Waals surface area contributed by atoms with Gasteiger partial charge in [-0.15, -0.1) is 0 Å². The Balaban J connectivity index is 1.92. The van der Waals surface area contributed by atoms with E-state index in [0.29, 0.717) is 5.75 Å². The lowest BCUT2D eigenvalue weighted by Crippen LogP contribution is -2.14. The molecule has 0 amide bonds. The van der Waals surface area contributed by atoms with Crippen molar-refractivity contribution in [3.05, 3.63) is 29.3 Å². The molecule has 2 N–H and O–H groups in total. The summed E-state index contributed by atoms with van der Waals surface area (Å²) < 4.78 is 0. The lowest BCUT2D eigenvalue weighted by molar-refractivity contribution is 0.462. The van der Waals surface area contributed by atoms with E-state index in [4.69, 9.17) is 0 Å². The van der Waals surface area contributed by atoms with Crippen molar-refractivity contribution in [1.29, 1.82) is 0 Å². The third-order valence-electron chi connectivity index (χ3n) is 8.24. The molecular weight excluding hydrogens is 462 g/mol. The summed E-state index contributed by atoms with van der Waals surface area (Å²) >= 11 is 0. The van der Waals surface area contributed by atoms with Crippen LogP contribution in [0.3, 0.4) is 0 Å². The van der Waals surface area contributed by atoms with Gasteiger partial charge in [-0.05, 0) is 37.4 Å². The lowest BCUT2D eigenvalue weighted by Gasteiger charge is -2.09. The van der Waals surface area contributed by atoms with Crippen LogP contribution in [0.2, 0.25) is 0 Å². The molecule has 0 spiro atoms. The number of hydrogen-bond acceptors (Lipinski definition) is 2. The maximum absolute atomic E-state index is 10.5. The quantitative estimate of drug-likeness (QED) is 0.101. The highest BCUT2D eigenvalue weighted by molar-refractivity contribution is 5.36. The number of rotatable bonds is 29. The molecule has 1 aromatic carbocycles. The van der Waals surface area contributed by atoms with Crippen molar-refractivity contribution < 1.29 is 5.11 Å². The van der Waals surface area contributed by atoms with E-state index in [1.165, 1.54) is 166 Å². The molecule has 0 radical (unpaired) electrons.